The number of nitrogens with two attached hydrogens (primary N) is 1. The number of halogens is 1. The SMILES string of the molecule is CCCCCCCCc1ccc(Cl)c(CC(=O)C(CN)N=Nc2ccccc2)c1. The van der Waals surface area contributed by atoms with Gasteiger partial charge in [0.15, 0.2) is 5.78 Å². The van der Waals surface area contributed by atoms with Gasteiger partial charge in [-0.1, -0.05) is 81.0 Å². The van der Waals surface area contributed by atoms with E-state index >= 15 is 0 Å². The third kappa shape index (κ3) is 8.46. The maximum atomic E-state index is 12.7. The van der Waals surface area contributed by atoms with Gasteiger partial charge in [-0.05, 0) is 42.2 Å². The molecule has 5 heteroatoms. The van der Waals surface area contributed by atoms with Crippen LogP contribution in [0, 0.1) is 0 Å². The second-order valence-corrected chi connectivity index (χ2v) is 7.80. The summed E-state index contributed by atoms with van der Waals surface area (Å²) in [5, 5.41) is 8.91. The lowest BCUT2D eigenvalue weighted by Gasteiger charge is -2.11. The highest BCUT2D eigenvalue weighted by molar-refractivity contribution is 6.31. The Hall–Kier alpha value is -2.04. The molecule has 1 unspecified atom stereocenters. The van der Waals surface area contributed by atoms with Gasteiger partial charge in [0.2, 0.25) is 0 Å². The molecule has 0 saturated carbocycles. The standard InChI is InChI=1S/C24H32ClN3O/c1-2-3-4-5-6-8-11-19-14-15-22(25)20(16-19)17-24(29)23(18-26)28-27-21-12-9-7-10-13-21/h7,9-10,12-16,23H,2-6,8,11,17-18,26H2,1H3. The topological polar surface area (TPSA) is 67.8 Å². The Balaban J connectivity index is 1.93. The lowest BCUT2D eigenvalue weighted by Crippen LogP contribution is -2.28. The number of azo groups is 1. The number of aryl methyl sites for hydroxylation is 1. The minimum atomic E-state index is -0.659. The first-order valence-electron chi connectivity index (χ1n) is 10.6. The van der Waals surface area contributed by atoms with Crippen molar-refractivity contribution >= 4 is 23.1 Å². The van der Waals surface area contributed by atoms with Gasteiger partial charge in [-0.2, -0.15) is 10.2 Å². The summed E-state index contributed by atoms with van der Waals surface area (Å²) in [6.45, 7) is 2.36. The van der Waals surface area contributed by atoms with E-state index in [1.54, 1.807) is 0 Å². The van der Waals surface area contributed by atoms with Crippen LogP contribution in [-0.4, -0.2) is 18.4 Å². The van der Waals surface area contributed by atoms with Crippen LogP contribution >= 0.6 is 11.6 Å². The van der Waals surface area contributed by atoms with Gasteiger partial charge in [-0.3, -0.25) is 4.79 Å². The van der Waals surface area contributed by atoms with Gasteiger partial charge in [0.1, 0.15) is 6.04 Å². The Bertz CT molecular complexity index is 777. The van der Waals surface area contributed by atoms with Gasteiger partial charge in [-0.25, -0.2) is 0 Å². The van der Waals surface area contributed by atoms with Crippen LogP contribution in [0.2, 0.25) is 5.02 Å². The van der Waals surface area contributed by atoms with E-state index in [0.29, 0.717) is 10.7 Å². The van der Waals surface area contributed by atoms with Crippen molar-refractivity contribution < 1.29 is 4.79 Å². The Labute approximate surface area is 179 Å². The van der Waals surface area contributed by atoms with Crippen LogP contribution in [0.25, 0.3) is 0 Å². The van der Waals surface area contributed by atoms with Crippen molar-refractivity contribution in [2.75, 3.05) is 6.54 Å². The summed E-state index contributed by atoms with van der Waals surface area (Å²) >= 11 is 6.34. The summed E-state index contributed by atoms with van der Waals surface area (Å²) in [6, 6.07) is 14.7. The van der Waals surface area contributed by atoms with E-state index < -0.39 is 6.04 Å². The molecule has 2 N–H and O–H groups in total. The normalized spacial score (nSPS) is 12.4. The number of carbonyl (C=O) groups excluding carboxylic acids is 1. The van der Waals surface area contributed by atoms with Crippen LogP contribution in [0.3, 0.4) is 0 Å². The molecule has 1 atom stereocenters. The molecule has 0 aliphatic rings. The Kier molecular flexibility index (Phi) is 10.6. The van der Waals surface area contributed by atoms with Crippen LogP contribution < -0.4 is 5.73 Å². The molecule has 2 aromatic rings. The van der Waals surface area contributed by atoms with Gasteiger partial charge in [0.25, 0.3) is 0 Å². The van der Waals surface area contributed by atoms with E-state index in [0.717, 1.165) is 18.4 Å². The molecular weight excluding hydrogens is 382 g/mol. The Morgan fingerprint density at radius 1 is 1.03 bits per heavy atom. The largest absolute Gasteiger partial charge is 0.328 e. The summed E-state index contributed by atoms with van der Waals surface area (Å²) in [4.78, 5) is 12.7. The summed E-state index contributed by atoms with van der Waals surface area (Å²) in [6.07, 6.45) is 8.82. The summed E-state index contributed by atoms with van der Waals surface area (Å²) in [5.41, 5.74) is 8.54. The van der Waals surface area contributed by atoms with Gasteiger partial charge in [0.05, 0.1) is 5.69 Å². The molecule has 0 bridgehead atoms. The highest BCUT2D eigenvalue weighted by Crippen LogP contribution is 2.21. The van der Waals surface area contributed by atoms with Gasteiger partial charge in [0, 0.05) is 18.0 Å². The number of carbonyl (C=O) groups is 1. The molecule has 0 aromatic heterocycles. The molecule has 29 heavy (non-hydrogen) atoms. The molecule has 0 amide bonds. The molecule has 0 aliphatic heterocycles. The number of hydrogen-bond donors (Lipinski definition) is 1. The second-order valence-electron chi connectivity index (χ2n) is 7.39. The van der Waals surface area contributed by atoms with Crippen LogP contribution in [0.15, 0.2) is 58.8 Å². The summed E-state index contributed by atoms with van der Waals surface area (Å²) in [7, 11) is 0. The van der Waals surface area contributed by atoms with E-state index in [2.05, 4.69) is 23.2 Å². The van der Waals surface area contributed by atoms with Crippen molar-refractivity contribution in [3.05, 3.63) is 64.7 Å². The van der Waals surface area contributed by atoms with Crippen LogP contribution in [0.4, 0.5) is 5.69 Å². The van der Waals surface area contributed by atoms with E-state index in [1.807, 2.05) is 42.5 Å². The summed E-state index contributed by atoms with van der Waals surface area (Å²) in [5.74, 6) is -0.0641. The number of ketones is 1. The van der Waals surface area contributed by atoms with E-state index in [-0.39, 0.29) is 18.7 Å². The molecule has 156 valence electrons. The van der Waals surface area contributed by atoms with Crippen LogP contribution in [0.1, 0.15) is 56.6 Å². The fourth-order valence-electron chi connectivity index (χ4n) is 3.21. The van der Waals surface area contributed by atoms with E-state index in [1.165, 1.54) is 37.7 Å². The Morgan fingerprint density at radius 3 is 2.48 bits per heavy atom. The minimum Gasteiger partial charge on any atom is -0.328 e. The van der Waals surface area contributed by atoms with Crippen LogP contribution in [-0.2, 0) is 17.6 Å². The Morgan fingerprint density at radius 2 is 1.76 bits per heavy atom. The monoisotopic (exact) mass is 413 g/mol. The molecule has 2 aromatic carbocycles. The molecular formula is C24H32ClN3O. The molecule has 0 aliphatic carbocycles. The predicted molar refractivity (Wildman–Crippen MR) is 121 cm³/mol. The fourth-order valence-corrected chi connectivity index (χ4v) is 3.39. The zero-order valence-corrected chi connectivity index (χ0v) is 18.1. The second kappa shape index (κ2) is 13.2. The molecule has 0 radical (unpaired) electrons. The number of hydrogen-bond acceptors (Lipinski definition) is 4. The van der Waals surface area contributed by atoms with Crippen molar-refractivity contribution in [3.63, 3.8) is 0 Å². The zero-order valence-electron chi connectivity index (χ0n) is 17.3. The number of Topliss-reactive ketones (excluding diaryl/α,β-unsaturated/α-hetero) is 1. The minimum absolute atomic E-state index is 0.0641. The highest BCUT2D eigenvalue weighted by atomic mass is 35.5. The first-order chi connectivity index (χ1) is 14.1. The maximum absolute atomic E-state index is 12.7. The van der Waals surface area contributed by atoms with Crippen molar-refractivity contribution in [1.29, 1.82) is 0 Å². The number of unbranched alkanes of at least 4 members (excludes halogenated alkanes) is 5. The first-order valence-corrected chi connectivity index (χ1v) is 11.0. The van der Waals surface area contributed by atoms with Crippen molar-refractivity contribution in [2.45, 2.75) is 64.3 Å². The van der Waals surface area contributed by atoms with Crippen molar-refractivity contribution in [2.24, 2.45) is 16.0 Å². The van der Waals surface area contributed by atoms with Gasteiger partial charge < -0.3 is 5.73 Å². The average Bonchev–Trinajstić information content (AvgIpc) is 2.74. The molecule has 0 saturated heterocycles. The fraction of sp³-hybridized carbons (Fsp3) is 0.458. The van der Waals surface area contributed by atoms with Crippen molar-refractivity contribution in [1.82, 2.24) is 0 Å². The zero-order chi connectivity index (χ0) is 20.9. The average molecular weight is 414 g/mol. The summed E-state index contributed by atoms with van der Waals surface area (Å²) < 4.78 is 0. The predicted octanol–water partition coefficient (Wildman–Crippen LogP) is 6.47. The lowest BCUT2D eigenvalue weighted by molar-refractivity contribution is -0.119. The molecule has 0 fully saturated rings. The number of nitrogens with zero attached hydrogens (tertiary/aromatic N) is 2. The smallest absolute Gasteiger partial charge is 0.164 e. The molecule has 0 heterocycles. The third-order valence-electron chi connectivity index (χ3n) is 4.96. The lowest BCUT2D eigenvalue weighted by atomic mass is 9.99. The van der Waals surface area contributed by atoms with E-state index in [9.17, 15) is 4.79 Å². The van der Waals surface area contributed by atoms with Gasteiger partial charge >= 0.3 is 0 Å². The molecule has 2 rings (SSSR count). The van der Waals surface area contributed by atoms with Crippen molar-refractivity contribution in [3.8, 4) is 0 Å². The molecule has 4 nitrogen and oxygen atoms in total. The third-order valence-corrected chi connectivity index (χ3v) is 5.33. The molecule has 0 spiro atoms. The van der Waals surface area contributed by atoms with Crippen LogP contribution in [0.5, 0.6) is 0 Å². The maximum Gasteiger partial charge on any atom is 0.164 e. The number of benzene rings is 2. The highest BCUT2D eigenvalue weighted by Gasteiger charge is 2.18. The quantitative estimate of drug-likeness (QED) is 0.302. The first kappa shape index (κ1) is 23.2. The van der Waals surface area contributed by atoms with E-state index in [4.69, 9.17) is 17.3 Å². The number of rotatable bonds is 13. The van der Waals surface area contributed by atoms with Gasteiger partial charge in [-0.15, -0.1) is 0 Å².